The Morgan fingerprint density at radius 3 is 2.74 bits per heavy atom. The molecule has 0 aliphatic heterocycles. The Balaban J connectivity index is 1.69. The molecule has 0 saturated heterocycles. The number of pyridine rings is 1. The Kier molecular flexibility index (Phi) is 4.78. The van der Waals surface area contributed by atoms with Crippen molar-refractivity contribution in [2.75, 3.05) is 5.32 Å². The van der Waals surface area contributed by atoms with E-state index in [1.54, 1.807) is 6.20 Å². The van der Waals surface area contributed by atoms with E-state index in [9.17, 15) is 10.1 Å². The first-order chi connectivity index (χ1) is 13.2. The molecule has 1 aromatic carbocycles. The maximum Gasteiger partial charge on any atom is 0.373 e. The number of anilines is 2. The van der Waals surface area contributed by atoms with Gasteiger partial charge in [0, 0.05) is 17.3 Å². The highest BCUT2D eigenvalue weighted by Gasteiger charge is 2.27. The van der Waals surface area contributed by atoms with Crippen LogP contribution >= 0.6 is 0 Å². The van der Waals surface area contributed by atoms with Crippen molar-refractivity contribution >= 4 is 28.1 Å². The number of hydrogen-bond acceptors (Lipinski definition) is 7. The van der Waals surface area contributed by atoms with Crippen LogP contribution < -0.4 is 10.1 Å². The van der Waals surface area contributed by atoms with Crippen LogP contribution in [0, 0.1) is 10.1 Å². The van der Waals surface area contributed by atoms with Crippen LogP contribution in [0.25, 0.3) is 10.9 Å². The predicted molar refractivity (Wildman–Crippen MR) is 101 cm³/mol. The van der Waals surface area contributed by atoms with Gasteiger partial charge in [-0.2, -0.15) is 4.98 Å². The van der Waals surface area contributed by atoms with Crippen LogP contribution in [0.5, 0.6) is 5.88 Å². The largest absolute Gasteiger partial charge is 0.469 e. The molecule has 0 radical (unpaired) electrons. The molecule has 1 aliphatic carbocycles. The van der Waals surface area contributed by atoms with E-state index in [2.05, 4.69) is 20.3 Å². The summed E-state index contributed by atoms with van der Waals surface area (Å²) in [4.78, 5) is 23.7. The zero-order valence-corrected chi connectivity index (χ0v) is 14.7. The fraction of sp³-hybridized carbons (Fsp3) is 0.316. The van der Waals surface area contributed by atoms with E-state index in [0.29, 0.717) is 5.69 Å². The third-order valence-corrected chi connectivity index (χ3v) is 4.70. The lowest BCUT2D eigenvalue weighted by atomic mass is 9.98. The first-order valence-electron chi connectivity index (χ1n) is 8.99. The highest BCUT2D eigenvalue weighted by atomic mass is 16.6. The molecule has 0 bridgehead atoms. The number of nitrogens with zero attached hydrogens (tertiary/aromatic N) is 4. The van der Waals surface area contributed by atoms with Gasteiger partial charge in [-0.1, -0.05) is 12.5 Å². The smallest absolute Gasteiger partial charge is 0.373 e. The van der Waals surface area contributed by atoms with Crippen LogP contribution in [-0.2, 0) is 0 Å². The Bertz CT molecular complexity index is 967. The van der Waals surface area contributed by atoms with Crippen molar-refractivity contribution in [3.05, 3.63) is 53.0 Å². The molecule has 2 aromatic heterocycles. The average Bonchev–Trinajstić information content (AvgIpc) is 2.69. The van der Waals surface area contributed by atoms with Gasteiger partial charge in [-0.15, -0.1) is 0 Å². The van der Waals surface area contributed by atoms with E-state index in [1.165, 1.54) is 12.7 Å². The number of nitrogens with one attached hydrogen (secondary N) is 1. The second-order valence-corrected chi connectivity index (χ2v) is 6.51. The fourth-order valence-electron chi connectivity index (χ4n) is 3.39. The van der Waals surface area contributed by atoms with Crippen molar-refractivity contribution in [1.82, 2.24) is 15.0 Å². The van der Waals surface area contributed by atoms with Gasteiger partial charge < -0.3 is 10.1 Å². The van der Waals surface area contributed by atoms with Crippen LogP contribution in [0.15, 0.2) is 42.9 Å². The average molecular weight is 365 g/mol. The summed E-state index contributed by atoms with van der Waals surface area (Å²) >= 11 is 0. The summed E-state index contributed by atoms with van der Waals surface area (Å²) in [6.45, 7) is 0. The zero-order valence-electron chi connectivity index (χ0n) is 14.7. The highest BCUT2D eigenvalue weighted by Crippen LogP contribution is 2.36. The number of fused-ring (bicyclic) bond motifs is 1. The minimum absolute atomic E-state index is 0.0164. The molecule has 27 heavy (non-hydrogen) atoms. The molecule has 1 fully saturated rings. The summed E-state index contributed by atoms with van der Waals surface area (Å²) in [6, 6.07) is 9.27. The Morgan fingerprint density at radius 1 is 1.07 bits per heavy atom. The number of aromatic nitrogens is 3. The zero-order chi connectivity index (χ0) is 18.6. The number of nitro groups is 1. The van der Waals surface area contributed by atoms with Gasteiger partial charge in [0.25, 0.3) is 5.88 Å². The van der Waals surface area contributed by atoms with Crippen LogP contribution in [0.2, 0.25) is 0 Å². The lowest BCUT2D eigenvalue weighted by Gasteiger charge is -2.22. The van der Waals surface area contributed by atoms with E-state index < -0.39 is 4.92 Å². The van der Waals surface area contributed by atoms with Crippen molar-refractivity contribution in [2.45, 2.75) is 38.2 Å². The molecular formula is C19H19N5O3. The van der Waals surface area contributed by atoms with Crippen molar-refractivity contribution in [2.24, 2.45) is 0 Å². The topological polar surface area (TPSA) is 103 Å². The summed E-state index contributed by atoms with van der Waals surface area (Å²) < 4.78 is 5.87. The summed E-state index contributed by atoms with van der Waals surface area (Å²) in [5.74, 6) is 0.125. The standard InChI is InChI=1S/C19H19N5O3/c25-24(26)17-18(21-12-22-19(17)27-13-6-2-1-3-7-13)23-16-10-4-9-15-14(16)8-5-11-20-15/h4-5,8-13H,1-3,6-7H2,(H,21,22,23). The fourth-order valence-corrected chi connectivity index (χ4v) is 3.39. The second-order valence-electron chi connectivity index (χ2n) is 6.51. The normalized spacial score (nSPS) is 14.8. The van der Waals surface area contributed by atoms with Crippen LogP contribution in [0.4, 0.5) is 17.2 Å². The molecule has 0 spiro atoms. The molecule has 138 valence electrons. The molecule has 1 N–H and O–H groups in total. The SMILES string of the molecule is O=[N+]([O-])c1c(Nc2cccc3ncccc23)ncnc1OC1CCCCC1. The van der Waals surface area contributed by atoms with Gasteiger partial charge in [-0.25, -0.2) is 4.98 Å². The molecule has 8 nitrogen and oxygen atoms in total. The summed E-state index contributed by atoms with van der Waals surface area (Å²) in [6.07, 6.45) is 8.04. The monoisotopic (exact) mass is 365 g/mol. The van der Waals surface area contributed by atoms with Gasteiger partial charge in [-0.05, 0) is 49.9 Å². The highest BCUT2D eigenvalue weighted by molar-refractivity contribution is 5.93. The number of rotatable bonds is 5. The van der Waals surface area contributed by atoms with Gasteiger partial charge in [0.15, 0.2) is 0 Å². The van der Waals surface area contributed by atoms with Gasteiger partial charge in [-0.3, -0.25) is 15.1 Å². The van der Waals surface area contributed by atoms with E-state index in [-0.39, 0.29) is 23.5 Å². The van der Waals surface area contributed by atoms with Gasteiger partial charge >= 0.3 is 5.69 Å². The molecule has 0 unspecified atom stereocenters. The summed E-state index contributed by atoms with van der Waals surface area (Å²) in [5.41, 5.74) is 1.23. The van der Waals surface area contributed by atoms with Gasteiger partial charge in [0.1, 0.15) is 12.4 Å². The predicted octanol–water partition coefficient (Wildman–Crippen LogP) is 4.39. The summed E-state index contributed by atoms with van der Waals surface area (Å²) in [5, 5.41) is 15.6. The molecule has 0 atom stereocenters. The molecule has 0 amide bonds. The van der Waals surface area contributed by atoms with Crippen molar-refractivity contribution in [3.63, 3.8) is 0 Å². The molecule has 4 rings (SSSR count). The minimum Gasteiger partial charge on any atom is -0.469 e. The lowest BCUT2D eigenvalue weighted by molar-refractivity contribution is -0.385. The Morgan fingerprint density at radius 2 is 1.93 bits per heavy atom. The van der Waals surface area contributed by atoms with E-state index in [1.807, 2.05) is 30.3 Å². The van der Waals surface area contributed by atoms with Gasteiger partial charge in [0.05, 0.1) is 10.4 Å². The Hall–Kier alpha value is -3.29. The van der Waals surface area contributed by atoms with E-state index in [0.717, 1.165) is 36.6 Å². The maximum atomic E-state index is 11.7. The molecule has 8 heteroatoms. The molecular weight excluding hydrogens is 346 g/mol. The number of ether oxygens (including phenoxy) is 1. The third kappa shape index (κ3) is 3.64. The number of hydrogen-bond donors (Lipinski definition) is 1. The molecule has 2 heterocycles. The minimum atomic E-state index is -0.496. The maximum absolute atomic E-state index is 11.7. The van der Waals surface area contributed by atoms with Crippen LogP contribution in [0.3, 0.4) is 0 Å². The first kappa shape index (κ1) is 17.1. The molecule has 1 aliphatic rings. The first-order valence-corrected chi connectivity index (χ1v) is 8.99. The van der Waals surface area contributed by atoms with Crippen molar-refractivity contribution in [1.29, 1.82) is 0 Å². The van der Waals surface area contributed by atoms with E-state index in [4.69, 9.17) is 4.74 Å². The summed E-state index contributed by atoms with van der Waals surface area (Å²) in [7, 11) is 0. The quantitative estimate of drug-likeness (QED) is 0.528. The molecule has 1 saturated carbocycles. The Labute approximate surface area is 155 Å². The lowest BCUT2D eigenvalue weighted by Crippen LogP contribution is -2.21. The number of benzene rings is 1. The van der Waals surface area contributed by atoms with Crippen molar-refractivity contribution in [3.8, 4) is 5.88 Å². The van der Waals surface area contributed by atoms with Crippen LogP contribution in [0.1, 0.15) is 32.1 Å². The second kappa shape index (κ2) is 7.53. The third-order valence-electron chi connectivity index (χ3n) is 4.70. The van der Waals surface area contributed by atoms with Crippen molar-refractivity contribution < 1.29 is 9.66 Å². The van der Waals surface area contributed by atoms with Gasteiger partial charge in [0.2, 0.25) is 5.82 Å². The van der Waals surface area contributed by atoms with E-state index >= 15 is 0 Å². The molecule has 3 aromatic rings. The van der Waals surface area contributed by atoms with Crippen LogP contribution in [-0.4, -0.2) is 26.0 Å².